The average Bonchev–Trinajstić information content (AvgIpc) is 3.08. The van der Waals surface area contributed by atoms with Crippen LogP contribution >= 0.6 is 0 Å². The molecule has 0 atom stereocenters. The summed E-state index contributed by atoms with van der Waals surface area (Å²) in [7, 11) is 0. The molecular weight excluding hydrogens is 565 g/mol. The maximum atomic E-state index is 2.47. The zero-order valence-corrected chi connectivity index (χ0v) is 27.8. The molecule has 0 unspecified atom stereocenters. The highest BCUT2D eigenvalue weighted by Gasteiger charge is 2.33. The Bertz CT molecular complexity index is 2570. The van der Waals surface area contributed by atoms with E-state index < -0.39 is 0 Å². The van der Waals surface area contributed by atoms with Crippen molar-refractivity contribution in [3.8, 4) is 33.4 Å². The van der Waals surface area contributed by atoms with Crippen LogP contribution in [-0.2, 0) is 10.8 Å². The van der Waals surface area contributed by atoms with Crippen LogP contribution < -0.4 is 0 Å². The van der Waals surface area contributed by atoms with E-state index in [1.54, 1.807) is 0 Å². The van der Waals surface area contributed by atoms with Crippen LogP contribution in [0.25, 0.3) is 76.5 Å². The number of hydrogen-bond donors (Lipinski definition) is 0. The van der Waals surface area contributed by atoms with Gasteiger partial charge in [-0.05, 0) is 117 Å². The lowest BCUT2D eigenvalue weighted by atomic mass is 9.68. The number of benzene rings is 8. The molecule has 0 aliphatic heterocycles. The zero-order valence-electron chi connectivity index (χ0n) is 27.8. The molecule has 0 heteroatoms. The van der Waals surface area contributed by atoms with Crippen LogP contribution in [0.15, 0.2) is 140 Å². The molecule has 0 nitrogen and oxygen atoms in total. The molecule has 0 aromatic heterocycles. The lowest BCUT2D eigenvalue weighted by Crippen LogP contribution is -2.23. The van der Waals surface area contributed by atoms with Crippen molar-refractivity contribution in [2.24, 2.45) is 0 Å². The Morgan fingerprint density at radius 1 is 0.426 bits per heavy atom. The third kappa shape index (κ3) is 4.14. The quantitative estimate of drug-likeness (QED) is 0.173. The molecule has 0 fully saturated rings. The van der Waals surface area contributed by atoms with Crippen molar-refractivity contribution in [3.05, 3.63) is 156 Å². The average molecular weight is 603 g/mol. The number of fused-ring (bicyclic) bond motifs is 5. The summed E-state index contributed by atoms with van der Waals surface area (Å²) in [5, 5.41) is 10.6. The minimum absolute atomic E-state index is 0.0430. The molecular formula is C47H38. The van der Waals surface area contributed by atoms with Crippen LogP contribution in [0.5, 0.6) is 0 Å². The fourth-order valence-corrected chi connectivity index (χ4v) is 8.53. The molecule has 1 aliphatic rings. The first-order chi connectivity index (χ1) is 22.7. The summed E-state index contributed by atoms with van der Waals surface area (Å²) >= 11 is 0. The molecule has 0 N–H and O–H groups in total. The standard InChI is InChI=1S/C47H38/c1-46(2,3)45-39-17-9-8-16-37(39)43(34-21-20-29-12-6-7-13-31(29)26-34)38-25-23-32(27-40(38)45)33-22-24-35-36-18-10-14-30-15-11-19-41(44(30)36)47(4,5)42(35)28-33/h6-28H,1-5H3. The third-order valence-corrected chi connectivity index (χ3v) is 10.7. The predicted molar refractivity (Wildman–Crippen MR) is 204 cm³/mol. The summed E-state index contributed by atoms with van der Waals surface area (Å²) in [5.41, 5.74) is 11.9. The van der Waals surface area contributed by atoms with Crippen LogP contribution in [0, 0.1) is 0 Å². The van der Waals surface area contributed by atoms with Crippen molar-refractivity contribution in [2.75, 3.05) is 0 Å². The molecule has 0 bridgehead atoms. The van der Waals surface area contributed by atoms with Gasteiger partial charge in [0.1, 0.15) is 0 Å². The Balaban J connectivity index is 1.31. The van der Waals surface area contributed by atoms with Crippen molar-refractivity contribution in [1.29, 1.82) is 0 Å². The van der Waals surface area contributed by atoms with Gasteiger partial charge in [0, 0.05) is 5.41 Å². The second-order valence-electron chi connectivity index (χ2n) is 15.0. The minimum Gasteiger partial charge on any atom is -0.0616 e. The Morgan fingerprint density at radius 3 is 1.87 bits per heavy atom. The molecule has 0 saturated heterocycles. The van der Waals surface area contributed by atoms with E-state index in [0.29, 0.717) is 0 Å². The fraction of sp³-hybridized carbons (Fsp3) is 0.149. The Kier molecular flexibility index (Phi) is 5.91. The van der Waals surface area contributed by atoms with Gasteiger partial charge in [-0.25, -0.2) is 0 Å². The van der Waals surface area contributed by atoms with E-state index in [-0.39, 0.29) is 10.8 Å². The maximum Gasteiger partial charge on any atom is 0.0159 e. The highest BCUT2D eigenvalue weighted by Crippen LogP contribution is 2.50. The predicted octanol–water partition coefficient (Wildman–Crippen LogP) is 13.2. The van der Waals surface area contributed by atoms with E-state index in [1.807, 2.05) is 0 Å². The third-order valence-electron chi connectivity index (χ3n) is 10.7. The van der Waals surface area contributed by atoms with Gasteiger partial charge in [0.15, 0.2) is 0 Å². The molecule has 0 spiro atoms. The molecule has 0 saturated carbocycles. The second-order valence-corrected chi connectivity index (χ2v) is 15.0. The monoisotopic (exact) mass is 602 g/mol. The van der Waals surface area contributed by atoms with Crippen LogP contribution in [-0.4, -0.2) is 0 Å². The van der Waals surface area contributed by atoms with E-state index in [2.05, 4.69) is 174 Å². The molecule has 8 aromatic rings. The summed E-state index contributed by atoms with van der Waals surface area (Å²) in [5.74, 6) is 0. The van der Waals surface area contributed by atoms with E-state index >= 15 is 0 Å². The smallest absolute Gasteiger partial charge is 0.0159 e. The Labute approximate surface area is 277 Å². The maximum absolute atomic E-state index is 2.47. The van der Waals surface area contributed by atoms with Crippen LogP contribution in [0.4, 0.5) is 0 Å². The van der Waals surface area contributed by atoms with Crippen molar-refractivity contribution in [1.82, 2.24) is 0 Å². The van der Waals surface area contributed by atoms with Crippen molar-refractivity contribution in [3.63, 3.8) is 0 Å². The number of hydrogen-bond acceptors (Lipinski definition) is 0. The van der Waals surface area contributed by atoms with Crippen LogP contribution in [0.1, 0.15) is 51.3 Å². The lowest BCUT2D eigenvalue weighted by molar-refractivity contribution is 0.601. The molecule has 9 rings (SSSR count). The van der Waals surface area contributed by atoms with E-state index in [1.165, 1.54) is 93.2 Å². The van der Waals surface area contributed by atoms with Gasteiger partial charge in [-0.1, -0.05) is 156 Å². The first-order valence-corrected chi connectivity index (χ1v) is 16.9. The normalized spacial score (nSPS) is 13.8. The zero-order chi connectivity index (χ0) is 32.1. The molecule has 47 heavy (non-hydrogen) atoms. The molecule has 226 valence electrons. The highest BCUT2D eigenvalue weighted by molar-refractivity contribution is 6.17. The summed E-state index contributed by atoms with van der Waals surface area (Å²) in [4.78, 5) is 0. The van der Waals surface area contributed by atoms with Crippen molar-refractivity contribution in [2.45, 2.75) is 45.4 Å². The van der Waals surface area contributed by atoms with Crippen molar-refractivity contribution >= 4 is 43.1 Å². The molecule has 8 aromatic carbocycles. The van der Waals surface area contributed by atoms with Gasteiger partial charge in [-0.3, -0.25) is 0 Å². The molecule has 0 radical (unpaired) electrons. The van der Waals surface area contributed by atoms with Crippen molar-refractivity contribution < 1.29 is 0 Å². The van der Waals surface area contributed by atoms with Gasteiger partial charge < -0.3 is 0 Å². The van der Waals surface area contributed by atoms with Gasteiger partial charge in [0.2, 0.25) is 0 Å². The molecule has 0 amide bonds. The van der Waals surface area contributed by atoms with Crippen LogP contribution in [0.3, 0.4) is 0 Å². The highest BCUT2D eigenvalue weighted by atomic mass is 14.4. The SMILES string of the molecule is CC(C)(C)c1c2ccccc2c(-c2ccc3ccccc3c2)c2ccc(-c3ccc4c(c3)C(C)(C)c3cccc5cccc-4c35)cc12. The second kappa shape index (κ2) is 9.90. The first-order valence-electron chi connectivity index (χ1n) is 16.9. The van der Waals surface area contributed by atoms with Gasteiger partial charge in [0.25, 0.3) is 0 Å². The Morgan fingerprint density at radius 2 is 1.06 bits per heavy atom. The summed E-state index contributed by atoms with van der Waals surface area (Å²) in [6.07, 6.45) is 0. The summed E-state index contributed by atoms with van der Waals surface area (Å²) < 4.78 is 0. The summed E-state index contributed by atoms with van der Waals surface area (Å²) in [6, 6.07) is 52.5. The van der Waals surface area contributed by atoms with E-state index in [4.69, 9.17) is 0 Å². The van der Waals surface area contributed by atoms with E-state index in [9.17, 15) is 0 Å². The number of rotatable bonds is 2. The van der Waals surface area contributed by atoms with Gasteiger partial charge >= 0.3 is 0 Å². The minimum atomic E-state index is -0.105. The van der Waals surface area contributed by atoms with Crippen LogP contribution in [0.2, 0.25) is 0 Å². The first kappa shape index (κ1) is 28.1. The van der Waals surface area contributed by atoms with Gasteiger partial charge in [-0.15, -0.1) is 0 Å². The largest absolute Gasteiger partial charge is 0.0616 e. The molecule has 0 heterocycles. The molecule has 1 aliphatic carbocycles. The fourth-order valence-electron chi connectivity index (χ4n) is 8.53. The topological polar surface area (TPSA) is 0 Å². The van der Waals surface area contributed by atoms with Gasteiger partial charge in [-0.2, -0.15) is 0 Å². The van der Waals surface area contributed by atoms with E-state index in [0.717, 1.165) is 0 Å². The summed E-state index contributed by atoms with van der Waals surface area (Å²) in [6.45, 7) is 11.9. The lowest BCUT2D eigenvalue weighted by Gasteiger charge is -2.35. The Hall–Kier alpha value is -5.20. The van der Waals surface area contributed by atoms with Gasteiger partial charge in [0.05, 0.1) is 0 Å².